The second-order valence-electron chi connectivity index (χ2n) is 5.01. The largest absolute Gasteiger partial charge is 0.475 e. The quantitative estimate of drug-likeness (QED) is 0.880. The van der Waals surface area contributed by atoms with Gasteiger partial charge in [-0.05, 0) is 30.9 Å². The van der Waals surface area contributed by atoms with E-state index >= 15 is 0 Å². The minimum absolute atomic E-state index is 0. The maximum Gasteiger partial charge on any atom is 0.372 e. The third-order valence-electron chi connectivity index (χ3n) is 3.70. The summed E-state index contributed by atoms with van der Waals surface area (Å²) in [6, 6.07) is 4.57. The van der Waals surface area contributed by atoms with Crippen LogP contribution in [0, 0.1) is 11.7 Å². The number of carbonyl (C=O) groups is 1. The third kappa shape index (κ3) is 3.29. The molecule has 1 saturated heterocycles. The molecule has 3 rings (SSSR count). The van der Waals surface area contributed by atoms with Crippen LogP contribution in [0.5, 0.6) is 0 Å². The van der Waals surface area contributed by atoms with Crippen LogP contribution < -0.4 is 0 Å². The molecule has 0 spiro atoms. The number of carboxylic acid groups (broad SMARTS) is 1. The van der Waals surface area contributed by atoms with Gasteiger partial charge in [-0.15, -0.1) is 0 Å². The second kappa shape index (κ2) is 6.87. The fourth-order valence-electron chi connectivity index (χ4n) is 2.65. The summed E-state index contributed by atoms with van der Waals surface area (Å²) in [5.74, 6) is -1.39. The first-order chi connectivity index (χ1) is 9.66. The number of rotatable bonds is 3. The average Bonchev–Trinajstić information content (AvgIpc) is 2.81. The predicted octanol–water partition coefficient (Wildman–Crippen LogP) is 1.92. The van der Waals surface area contributed by atoms with Crippen molar-refractivity contribution in [2.45, 2.75) is 19.4 Å². The molecule has 0 bridgehead atoms. The first kappa shape index (κ1) is 16.4. The van der Waals surface area contributed by atoms with E-state index in [1.165, 1.54) is 6.07 Å². The van der Waals surface area contributed by atoms with Gasteiger partial charge in [0.15, 0.2) is 5.82 Å². The Hall–Kier alpha value is -0.950. The first-order valence-corrected chi connectivity index (χ1v) is 6.62. The van der Waals surface area contributed by atoms with Gasteiger partial charge in [-0.1, -0.05) is 6.07 Å². The van der Waals surface area contributed by atoms with Crippen molar-refractivity contribution in [2.24, 2.45) is 5.92 Å². The molecule has 0 atom stereocenters. The van der Waals surface area contributed by atoms with E-state index < -0.39 is 11.8 Å². The molecule has 1 aliphatic rings. The summed E-state index contributed by atoms with van der Waals surface area (Å²) in [5.41, 5.74) is 0.658. The van der Waals surface area contributed by atoms with Crippen molar-refractivity contribution in [2.75, 3.05) is 13.2 Å². The number of hydrogen-bond acceptors (Lipinski definition) is 3. The van der Waals surface area contributed by atoms with Crippen LogP contribution in [0.15, 0.2) is 18.2 Å². The van der Waals surface area contributed by atoms with E-state index in [1.54, 1.807) is 16.7 Å². The van der Waals surface area contributed by atoms with Crippen molar-refractivity contribution in [3.05, 3.63) is 29.8 Å². The van der Waals surface area contributed by atoms with Crippen LogP contribution in [0.25, 0.3) is 11.0 Å². The van der Waals surface area contributed by atoms with Crippen molar-refractivity contribution in [3.8, 4) is 0 Å². The minimum Gasteiger partial charge on any atom is -0.475 e. The molecule has 107 valence electrons. The maximum absolute atomic E-state index is 13.7. The Morgan fingerprint density at radius 2 is 2.14 bits per heavy atom. The third-order valence-corrected chi connectivity index (χ3v) is 3.70. The average molecular weight is 301 g/mol. The molecule has 1 N–H and O–H groups in total. The molecule has 5 nitrogen and oxygen atoms in total. The summed E-state index contributed by atoms with van der Waals surface area (Å²) < 4.78 is 20.6. The van der Waals surface area contributed by atoms with E-state index in [2.05, 4.69) is 4.98 Å². The zero-order valence-corrected chi connectivity index (χ0v) is 13.9. The van der Waals surface area contributed by atoms with Gasteiger partial charge < -0.3 is 14.4 Å². The van der Waals surface area contributed by atoms with Gasteiger partial charge in [0, 0.05) is 49.3 Å². The Morgan fingerprint density at radius 3 is 2.81 bits per heavy atom. The Kier molecular flexibility index (Phi) is 5.37. The van der Waals surface area contributed by atoms with Crippen LogP contribution in [0.4, 0.5) is 4.39 Å². The summed E-state index contributed by atoms with van der Waals surface area (Å²) in [4.78, 5) is 15.2. The zero-order chi connectivity index (χ0) is 14.1. The van der Waals surface area contributed by atoms with Crippen molar-refractivity contribution in [1.82, 2.24) is 9.55 Å². The number of para-hydroxylation sites is 1. The van der Waals surface area contributed by atoms with E-state index in [0.29, 0.717) is 31.2 Å². The van der Waals surface area contributed by atoms with Crippen LogP contribution in [-0.4, -0.2) is 63.4 Å². The van der Waals surface area contributed by atoms with Crippen LogP contribution in [0.1, 0.15) is 23.5 Å². The zero-order valence-electron chi connectivity index (χ0n) is 11.9. The molecule has 0 aliphatic carbocycles. The Labute approximate surface area is 143 Å². The van der Waals surface area contributed by atoms with Gasteiger partial charge in [-0.25, -0.2) is 14.2 Å². The van der Waals surface area contributed by atoms with Crippen molar-refractivity contribution >= 4 is 46.6 Å². The van der Waals surface area contributed by atoms with E-state index in [0.717, 1.165) is 12.8 Å². The van der Waals surface area contributed by atoms with E-state index in [-0.39, 0.29) is 40.9 Å². The van der Waals surface area contributed by atoms with E-state index in [1.807, 2.05) is 0 Å². The molecule has 1 radical (unpaired) electrons. The summed E-state index contributed by atoms with van der Waals surface area (Å²) in [6.07, 6.45) is 1.77. The minimum atomic E-state index is -1.13. The monoisotopic (exact) mass is 301 g/mol. The van der Waals surface area contributed by atoms with Crippen molar-refractivity contribution in [3.63, 3.8) is 0 Å². The van der Waals surface area contributed by atoms with Gasteiger partial charge in [0.2, 0.25) is 5.82 Å². The molecule has 1 aromatic heterocycles. The second-order valence-corrected chi connectivity index (χ2v) is 5.01. The molecule has 0 amide bonds. The van der Waals surface area contributed by atoms with Gasteiger partial charge in [-0.2, -0.15) is 0 Å². The molecule has 2 aromatic rings. The number of aromatic carboxylic acids is 1. The van der Waals surface area contributed by atoms with Crippen LogP contribution in [0.2, 0.25) is 0 Å². The van der Waals surface area contributed by atoms with E-state index in [4.69, 9.17) is 4.74 Å². The smallest absolute Gasteiger partial charge is 0.372 e. The number of carboxylic acids is 1. The molecule has 1 fully saturated rings. The number of ether oxygens (including phenoxy) is 1. The van der Waals surface area contributed by atoms with Gasteiger partial charge >= 0.3 is 5.97 Å². The van der Waals surface area contributed by atoms with Crippen LogP contribution in [-0.2, 0) is 11.3 Å². The standard InChI is InChI=1S/C14H15FN2O3.Na/c15-10-2-1-3-11-12(10)16-13(14(18)19)17(11)8-9-4-6-20-7-5-9;/h1-3,9H,4-8H2,(H,18,19);. The molecule has 7 heteroatoms. The summed E-state index contributed by atoms with van der Waals surface area (Å²) in [5, 5.41) is 9.26. The molecule has 0 unspecified atom stereocenters. The number of benzene rings is 1. The summed E-state index contributed by atoms with van der Waals surface area (Å²) >= 11 is 0. The maximum atomic E-state index is 13.7. The number of nitrogens with zero attached hydrogens (tertiary/aromatic N) is 2. The molecule has 2 heterocycles. The summed E-state index contributed by atoms with van der Waals surface area (Å²) in [6.45, 7) is 1.91. The SMILES string of the molecule is O=C(O)c1nc2c(F)cccc2n1CC1CCOCC1.[Na]. The number of imidazole rings is 1. The van der Waals surface area contributed by atoms with Gasteiger partial charge in [-0.3, -0.25) is 0 Å². The number of fused-ring (bicyclic) bond motifs is 1. The molecular formula is C14H15FN2NaO3. The van der Waals surface area contributed by atoms with Gasteiger partial charge in [0.25, 0.3) is 0 Å². The Bertz CT molecular complexity index is 653. The topological polar surface area (TPSA) is 64.3 Å². The van der Waals surface area contributed by atoms with Crippen LogP contribution in [0.3, 0.4) is 0 Å². The molecular weight excluding hydrogens is 286 g/mol. The fourth-order valence-corrected chi connectivity index (χ4v) is 2.65. The van der Waals surface area contributed by atoms with Crippen molar-refractivity contribution < 1.29 is 19.0 Å². The number of aromatic nitrogens is 2. The van der Waals surface area contributed by atoms with Crippen LogP contribution >= 0.6 is 0 Å². The first-order valence-electron chi connectivity index (χ1n) is 6.62. The van der Waals surface area contributed by atoms with E-state index in [9.17, 15) is 14.3 Å². The van der Waals surface area contributed by atoms with Gasteiger partial charge in [0.1, 0.15) is 5.52 Å². The predicted molar refractivity (Wildman–Crippen MR) is 75.9 cm³/mol. The normalized spacial score (nSPS) is 15.9. The molecule has 21 heavy (non-hydrogen) atoms. The summed E-state index contributed by atoms with van der Waals surface area (Å²) in [7, 11) is 0. The Balaban J connectivity index is 0.00000161. The number of hydrogen-bond donors (Lipinski definition) is 1. The van der Waals surface area contributed by atoms with Gasteiger partial charge in [0.05, 0.1) is 5.52 Å². The molecule has 0 saturated carbocycles. The number of halogens is 1. The fraction of sp³-hybridized carbons (Fsp3) is 0.429. The van der Waals surface area contributed by atoms with Crippen molar-refractivity contribution in [1.29, 1.82) is 0 Å². The molecule has 1 aromatic carbocycles. The molecule has 1 aliphatic heterocycles. The Morgan fingerprint density at radius 1 is 1.43 bits per heavy atom.